The molecule has 0 aliphatic rings. The molecule has 3 rings (SSSR count). The lowest BCUT2D eigenvalue weighted by Crippen LogP contribution is -2.02. The van der Waals surface area contributed by atoms with E-state index in [1.54, 1.807) is 18.2 Å². The van der Waals surface area contributed by atoms with Crippen LogP contribution in [-0.2, 0) is 0 Å². The van der Waals surface area contributed by atoms with Crippen LogP contribution >= 0.6 is 0 Å². The second kappa shape index (κ2) is 4.66. The van der Waals surface area contributed by atoms with Crippen LogP contribution in [0.1, 0.15) is 5.69 Å². The number of nitrogens with zero attached hydrogens (tertiary/aromatic N) is 6. The standard InChI is InChI=1S/C13H8N6/c14-9-11-7-4-8-12(15-11)19-17-13(16-18-19)10-5-2-1-3-6-10/h1-8H. The number of pyridine rings is 1. The summed E-state index contributed by atoms with van der Waals surface area (Å²) >= 11 is 0. The molecular weight excluding hydrogens is 240 g/mol. The fourth-order valence-corrected chi connectivity index (χ4v) is 1.61. The van der Waals surface area contributed by atoms with Crippen molar-refractivity contribution in [3.8, 4) is 23.3 Å². The zero-order valence-corrected chi connectivity index (χ0v) is 9.80. The first kappa shape index (κ1) is 11.0. The minimum absolute atomic E-state index is 0.316. The molecule has 0 aliphatic carbocycles. The first-order valence-electron chi connectivity index (χ1n) is 5.60. The van der Waals surface area contributed by atoms with Crippen LogP contribution < -0.4 is 0 Å². The van der Waals surface area contributed by atoms with E-state index in [-0.39, 0.29) is 0 Å². The number of aromatic nitrogens is 5. The predicted molar refractivity (Wildman–Crippen MR) is 67.1 cm³/mol. The molecule has 0 N–H and O–H groups in total. The molecule has 1 aromatic carbocycles. The van der Waals surface area contributed by atoms with Gasteiger partial charge in [0.05, 0.1) is 0 Å². The molecule has 0 amide bonds. The van der Waals surface area contributed by atoms with Crippen molar-refractivity contribution in [2.45, 2.75) is 0 Å². The van der Waals surface area contributed by atoms with Crippen molar-refractivity contribution in [3.63, 3.8) is 0 Å². The van der Waals surface area contributed by atoms with Gasteiger partial charge in [0, 0.05) is 5.56 Å². The molecule has 0 saturated carbocycles. The van der Waals surface area contributed by atoms with Crippen molar-refractivity contribution >= 4 is 0 Å². The zero-order chi connectivity index (χ0) is 13.1. The molecule has 0 aliphatic heterocycles. The van der Waals surface area contributed by atoms with Gasteiger partial charge in [-0.05, 0) is 17.3 Å². The Morgan fingerprint density at radius 3 is 2.63 bits per heavy atom. The normalized spacial score (nSPS) is 10.1. The van der Waals surface area contributed by atoms with Gasteiger partial charge in [-0.1, -0.05) is 36.4 Å². The second-order valence-electron chi connectivity index (χ2n) is 3.76. The van der Waals surface area contributed by atoms with Crippen LogP contribution in [0.25, 0.3) is 17.2 Å². The molecule has 3 aromatic rings. The van der Waals surface area contributed by atoms with Crippen LogP contribution in [0, 0.1) is 11.3 Å². The SMILES string of the molecule is N#Cc1cccc(-n2nnc(-c3ccccc3)n2)n1. The Kier molecular flexibility index (Phi) is 2.71. The molecule has 0 fully saturated rings. The molecule has 0 unspecified atom stereocenters. The molecule has 2 aromatic heterocycles. The van der Waals surface area contributed by atoms with Crippen LogP contribution in [0.15, 0.2) is 48.5 Å². The fourth-order valence-electron chi connectivity index (χ4n) is 1.61. The number of rotatable bonds is 2. The number of tetrazole rings is 1. The van der Waals surface area contributed by atoms with E-state index in [1.807, 2.05) is 36.4 Å². The number of benzene rings is 1. The van der Waals surface area contributed by atoms with Crippen molar-refractivity contribution in [2.75, 3.05) is 0 Å². The maximum atomic E-state index is 8.81. The summed E-state index contributed by atoms with van der Waals surface area (Å²) in [6, 6.07) is 16.6. The van der Waals surface area contributed by atoms with Gasteiger partial charge in [0.25, 0.3) is 0 Å². The van der Waals surface area contributed by atoms with Crippen molar-refractivity contribution in [1.29, 1.82) is 5.26 Å². The van der Waals surface area contributed by atoms with Crippen molar-refractivity contribution < 1.29 is 0 Å². The van der Waals surface area contributed by atoms with Crippen LogP contribution in [0.5, 0.6) is 0 Å². The van der Waals surface area contributed by atoms with Gasteiger partial charge in [0.15, 0.2) is 5.82 Å². The fraction of sp³-hybridized carbons (Fsp3) is 0. The third kappa shape index (κ3) is 2.17. The van der Waals surface area contributed by atoms with E-state index < -0.39 is 0 Å². The summed E-state index contributed by atoms with van der Waals surface area (Å²) in [5.41, 5.74) is 1.20. The van der Waals surface area contributed by atoms with E-state index in [9.17, 15) is 0 Å². The van der Waals surface area contributed by atoms with Crippen molar-refractivity contribution in [3.05, 3.63) is 54.2 Å². The quantitative estimate of drug-likeness (QED) is 0.688. The van der Waals surface area contributed by atoms with Gasteiger partial charge in [0.1, 0.15) is 11.8 Å². The topological polar surface area (TPSA) is 80.3 Å². The molecular formula is C13H8N6. The lowest BCUT2D eigenvalue weighted by Gasteiger charge is -1.96. The minimum atomic E-state index is 0.316. The minimum Gasteiger partial charge on any atom is -0.216 e. The molecule has 90 valence electrons. The molecule has 0 spiro atoms. The van der Waals surface area contributed by atoms with Crippen molar-refractivity contribution in [1.82, 2.24) is 25.2 Å². The van der Waals surface area contributed by atoms with E-state index in [0.717, 1.165) is 5.56 Å². The third-order valence-electron chi connectivity index (χ3n) is 2.50. The molecule has 19 heavy (non-hydrogen) atoms. The first-order valence-corrected chi connectivity index (χ1v) is 5.60. The second-order valence-corrected chi connectivity index (χ2v) is 3.76. The molecule has 6 nitrogen and oxygen atoms in total. The monoisotopic (exact) mass is 248 g/mol. The van der Waals surface area contributed by atoms with Crippen LogP contribution in [0.2, 0.25) is 0 Å². The van der Waals surface area contributed by atoms with Gasteiger partial charge < -0.3 is 0 Å². The Morgan fingerprint density at radius 2 is 1.84 bits per heavy atom. The molecule has 0 saturated heterocycles. The summed E-state index contributed by atoms with van der Waals surface area (Å²) < 4.78 is 0. The van der Waals surface area contributed by atoms with Gasteiger partial charge in [0.2, 0.25) is 5.82 Å². The van der Waals surface area contributed by atoms with Gasteiger partial charge in [-0.25, -0.2) is 4.98 Å². The van der Waals surface area contributed by atoms with Crippen LogP contribution in [-0.4, -0.2) is 25.2 Å². The van der Waals surface area contributed by atoms with Crippen LogP contribution in [0.3, 0.4) is 0 Å². The van der Waals surface area contributed by atoms with E-state index in [1.165, 1.54) is 4.80 Å². The van der Waals surface area contributed by atoms with E-state index in [4.69, 9.17) is 5.26 Å². The third-order valence-corrected chi connectivity index (χ3v) is 2.50. The lowest BCUT2D eigenvalue weighted by atomic mass is 10.2. The summed E-state index contributed by atoms with van der Waals surface area (Å²) in [4.78, 5) is 5.41. The average molecular weight is 248 g/mol. The molecule has 0 atom stereocenters. The Labute approximate surface area is 109 Å². The highest BCUT2D eigenvalue weighted by Gasteiger charge is 2.07. The predicted octanol–water partition coefficient (Wildman–Crippen LogP) is 1.60. The summed E-state index contributed by atoms with van der Waals surface area (Å²) in [6.07, 6.45) is 0. The number of hydrogen-bond acceptors (Lipinski definition) is 5. The summed E-state index contributed by atoms with van der Waals surface area (Å²) in [6.45, 7) is 0. The van der Waals surface area contributed by atoms with Crippen LogP contribution in [0.4, 0.5) is 0 Å². The molecule has 6 heteroatoms. The smallest absolute Gasteiger partial charge is 0.205 e. The Morgan fingerprint density at radius 1 is 1.00 bits per heavy atom. The van der Waals surface area contributed by atoms with Gasteiger partial charge in [-0.3, -0.25) is 0 Å². The highest BCUT2D eigenvalue weighted by atomic mass is 15.6. The maximum Gasteiger partial charge on any atom is 0.205 e. The van der Waals surface area contributed by atoms with E-state index >= 15 is 0 Å². The van der Waals surface area contributed by atoms with Gasteiger partial charge >= 0.3 is 0 Å². The van der Waals surface area contributed by atoms with Crippen molar-refractivity contribution in [2.24, 2.45) is 0 Å². The number of hydrogen-bond donors (Lipinski definition) is 0. The first-order chi connectivity index (χ1) is 9.36. The maximum absolute atomic E-state index is 8.81. The highest BCUT2D eigenvalue weighted by molar-refractivity contribution is 5.53. The Hall–Kier alpha value is -3.07. The van der Waals surface area contributed by atoms with Gasteiger partial charge in [-0.15, -0.1) is 15.0 Å². The largest absolute Gasteiger partial charge is 0.216 e. The molecule has 2 heterocycles. The van der Waals surface area contributed by atoms with Gasteiger partial charge in [-0.2, -0.15) is 5.26 Å². The zero-order valence-electron chi connectivity index (χ0n) is 9.80. The van der Waals surface area contributed by atoms with E-state index in [0.29, 0.717) is 17.3 Å². The molecule has 0 radical (unpaired) electrons. The lowest BCUT2D eigenvalue weighted by molar-refractivity contribution is 0.700. The summed E-state index contributed by atoms with van der Waals surface area (Å²) in [5.74, 6) is 0.985. The molecule has 0 bridgehead atoms. The number of nitriles is 1. The summed E-state index contributed by atoms with van der Waals surface area (Å²) in [7, 11) is 0. The summed E-state index contributed by atoms with van der Waals surface area (Å²) in [5, 5.41) is 21.0. The highest BCUT2D eigenvalue weighted by Crippen LogP contribution is 2.13. The Balaban J connectivity index is 2.00. The Bertz CT molecular complexity index is 741. The van der Waals surface area contributed by atoms with E-state index in [2.05, 4.69) is 20.4 Å². The average Bonchev–Trinajstić information content (AvgIpc) is 2.98.